The fraction of sp³-hybridized carbons (Fsp3) is 0.647. The van der Waals surface area contributed by atoms with E-state index in [9.17, 15) is 0 Å². The lowest BCUT2D eigenvalue weighted by Gasteiger charge is -2.31. The van der Waals surface area contributed by atoms with Crippen LogP contribution >= 0.6 is 0 Å². The van der Waals surface area contributed by atoms with Crippen molar-refractivity contribution < 1.29 is 4.74 Å². The summed E-state index contributed by atoms with van der Waals surface area (Å²) in [6, 6.07) is 8.73. The van der Waals surface area contributed by atoms with Gasteiger partial charge in [0.15, 0.2) is 0 Å². The third kappa shape index (κ3) is 4.22. The molecule has 0 aromatic heterocycles. The Morgan fingerprint density at radius 1 is 1.35 bits per heavy atom. The number of methoxy groups -OCH3 is 1. The third-order valence-electron chi connectivity index (χ3n) is 4.46. The Morgan fingerprint density at radius 3 is 2.75 bits per heavy atom. The first-order valence-electron chi connectivity index (χ1n) is 7.82. The smallest absolute Gasteiger partial charge is 0.119 e. The van der Waals surface area contributed by atoms with Crippen molar-refractivity contribution in [3.63, 3.8) is 0 Å². The summed E-state index contributed by atoms with van der Waals surface area (Å²) in [5, 5.41) is 3.68. The number of likely N-dealkylation sites (tertiary alicyclic amines) is 1. The lowest BCUT2D eigenvalue weighted by molar-refractivity contribution is 0.188. The Bertz CT molecular complexity index is 400. The van der Waals surface area contributed by atoms with E-state index in [-0.39, 0.29) is 0 Å². The van der Waals surface area contributed by atoms with Gasteiger partial charge in [-0.3, -0.25) is 0 Å². The van der Waals surface area contributed by atoms with Gasteiger partial charge in [-0.25, -0.2) is 0 Å². The number of rotatable bonds is 6. The molecule has 1 fully saturated rings. The standard InChI is InChI=1S/C17H28N2O/c1-4-19-10-8-15(9-11-19)13-18-14(2)16-6-5-7-17(12-16)20-3/h5-7,12,14-15,18H,4,8-11,13H2,1-3H3. The molecule has 0 bridgehead atoms. The minimum absolute atomic E-state index is 0.384. The van der Waals surface area contributed by atoms with E-state index >= 15 is 0 Å². The molecule has 0 saturated carbocycles. The SMILES string of the molecule is CCN1CCC(CNC(C)c2cccc(OC)c2)CC1. The molecule has 1 N–H and O–H groups in total. The molecule has 0 radical (unpaired) electrons. The van der Waals surface area contributed by atoms with Crippen molar-refractivity contribution in [2.75, 3.05) is 33.3 Å². The van der Waals surface area contributed by atoms with E-state index in [1.54, 1.807) is 7.11 Å². The maximum Gasteiger partial charge on any atom is 0.119 e. The Kier molecular flexibility index (Phi) is 5.86. The first-order valence-corrected chi connectivity index (χ1v) is 7.82. The Labute approximate surface area is 123 Å². The lowest BCUT2D eigenvalue weighted by Crippen LogP contribution is -2.37. The predicted octanol–water partition coefficient (Wildman–Crippen LogP) is 3.08. The molecular weight excluding hydrogens is 248 g/mol. The molecule has 0 spiro atoms. The van der Waals surface area contributed by atoms with Crippen molar-refractivity contribution in [2.45, 2.75) is 32.7 Å². The first kappa shape index (κ1) is 15.3. The Hall–Kier alpha value is -1.06. The van der Waals surface area contributed by atoms with Gasteiger partial charge in [0.05, 0.1) is 7.11 Å². The highest BCUT2D eigenvalue weighted by atomic mass is 16.5. The van der Waals surface area contributed by atoms with E-state index in [0.717, 1.165) is 18.2 Å². The topological polar surface area (TPSA) is 24.5 Å². The molecule has 2 rings (SSSR count). The number of ether oxygens (including phenoxy) is 1. The van der Waals surface area contributed by atoms with E-state index < -0.39 is 0 Å². The Balaban J connectivity index is 1.78. The molecular formula is C17H28N2O. The molecule has 1 aliphatic heterocycles. The summed E-state index contributed by atoms with van der Waals surface area (Å²) in [5.41, 5.74) is 1.30. The zero-order chi connectivity index (χ0) is 14.4. The zero-order valence-corrected chi connectivity index (χ0v) is 13.1. The fourth-order valence-electron chi connectivity index (χ4n) is 2.88. The number of nitrogens with zero attached hydrogens (tertiary/aromatic N) is 1. The van der Waals surface area contributed by atoms with Crippen LogP contribution in [0, 0.1) is 5.92 Å². The maximum absolute atomic E-state index is 5.29. The summed E-state index contributed by atoms with van der Waals surface area (Å²) in [6.45, 7) is 9.32. The highest BCUT2D eigenvalue weighted by molar-refractivity contribution is 5.30. The van der Waals surface area contributed by atoms with Crippen LogP contribution in [-0.4, -0.2) is 38.2 Å². The number of hydrogen-bond donors (Lipinski definition) is 1. The van der Waals surface area contributed by atoms with E-state index in [4.69, 9.17) is 4.74 Å². The molecule has 112 valence electrons. The lowest BCUT2D eigenvalue weighted by atomic mass is 9.96. The molecule has 1 aromatic rings. The average Bonchev–Trinajstić information content (AvgIpc) is 2.53. The molecule has 0 aliphatic carbocycles. The van der Waals surface area contributed by atoms with Crippen molar-refractivity contribution in [2.24, 2.45) is 5.92 Å². The van der Waals surface area contributed by atoms with Crippen molar-refractivity contribution in [3.8, 4) is 5.75 Å². The summed E-state index contributed by atoms with van der Waals surface area (Å²) < 4.78 is 5.29. The van der Waals surface area contributed by atoms with E-state index in [1.165, 1.54) is 38.0 Å². The van der Waals surface area contributed by atoms with Crippen LogP contribution in [0.1, 0.15) is 38.3 Å². The molecule has 1 atom stereocenters. The van der Waals surface area contributed by atoms with Gasteiger partial charge in [-0.1, -0.05) is 19.1 Å². The van der Waals surface area contributed by atoms with Crippen LogP contribution in [0.5, 0.6) is 5.75 Å². The van der Waals surface area contributed by atoms with Gasteiger partial charge in [-0.15, -0.1) is 0 Å². The van der Waals surface area contributed by atoms with E-state index in [2.05, 4.69) is 42.3 Å². The monoisotopic (exact) mass is 276 g/mol. The fourth-order valence-corrected chi connectivity index (χ4v) is 2.88. The summed E-state index contributed by atoms with van der Waals surface area (Å²) in [7, 11) is 1.72. The van der Waals surface area contributed by atoms with Gasteiger partial charge in [0, 0.05) is 6.04 Å². The highest BCUT2D eigenvalue weighted by Crippen LogP contribution is 2.21. The molecule has 1 aromatic carbocycles. The summed E-state index contributed by atoms with van der Waals surface area (Å²) in [6.07, 6.45) is 2.65. The van der Waals surface area contributed by atoms with E-state index in [0.29, 0.717) is 6.04 Å². The van der Waals surface area contributed by atoms with Gasteiger partial charge in [0.2, 0.25) is 0 Å². The van der Waals surface area contributed by atoms with Crippen molar-refractivity contribution in [1.29, 1.82) is 0 Å². The summed E-state index contributed by atoms with van der Waals surface area (Å²) in [5.74, 6) is 1.76. The predicted molar refractivity (Wildman–Crippen MR) is 84.2 cm³/mol. The minimum Gasteiger partial charge on any atom is -0.497 e. The van der Waals surface area contributed by atoms with Gasteiger partial charge in [-0.05, 0) is 69.6 Å². The normalized spacial score (nSPS) is 18.9. The largest absolute Gasteiger partial charge is 0.497 e. The van der Waals surface area contributed by atoms with Crippen molar-refractivity contribution >= 4 is 0 Å². The molecule has 1 aliphatic rings. The molecule has 0 amide bonds. The average molecular weight is 276 g/mol. The van der Waals surface area contributed by atoms with Gasteiger partial charge in [-0.2, -0.15) is 0 Å². The van der Waals surface area contributed by atoms with Crippen LogP contribution < -0.4 is 10.1 Å². The van der Waals surface area contributed by atoms with Crippen LogP contribution in [0.25, 0.3) is 0 Å². The number of nitrogens with one attached hydrogen (secondary N) is 1. The quantitative estimate of drug-likeness (QED) is 0.864. The minimum atomic E-state index is 0.384. The highest BCUT2D eigenvalue weighted by Gasteiger charge is 2.18. The zero-order valence-electron chi connectivity index (χ0n) is 13.1. The van der Waals surface area contributed by atoms with Gasteiger partial charge < -0.3 is 15.0 Å². The third-order valence-corrected chi connectivity index (χ3v) is 4.46. The molecule has 1 unspecified atom stereocenters. The van der Waals surface area contributed by atoms with Gasteiger partial charge in [0.1, 0.15) is 5.75 Å². The summed E-state index contributed by atoms with van der Waals surface area (Å²) >= 11 is 0. The van der Waals surface area contributed by atoms with Crippen molar-refractivity contribution in [3.05, 3.63) is 29.8 Å². The molecule has 1 heterocycles. The second-order valence-corrected chi connectivity index (χ2v) is 5.78. The molecule has 1 saturated heterocycles. The first-order chi connectivity index (χ1) is 9.72. The molecule has 3 nitrogen and oxygen atoms in total. The van der Waals surface area contributed by atoms with Crippen LogP contribution in [-0.2, 0) is 0 Å². The van der Waals surface area contributed by atoms with Crippen LogP contribution in [0.4, 0.5) is 0 Å². The number of benzene rings is 1. The number of hydrogen-bond acceptors (Lipinski definition) is 3. The number of piperidine rings is 1. The van der Waals surface area contributed by atoms with E-state index in [1.807, 2.05) is 6.07 Å². The molecule has 3 heteroatoms. The van der Waals surface area contributed by atoms with Crippen LogP contribution in [0.2, 0.25) is 0 Å². The second kappa shape index (κ2) is 7.65. The molecule has 20 heavy (non-hydrogen) atoms. The van der Waals surface area contributed by atoms with Crippen molar-refractivity contribution in [1.82, 2.24) is 10.2 Å². The Morgan fingerprint density at radius 2 is 2.10 bits per heavy atom. The van der Waals surface area contributed by atoms with Crippen LogP contribution in [0.15, 0.2) is 24.3 Å². The summed E-state index contributed by atoms with van der Waals surface area (Å²) in [4.78, 5) is 2.54. The van der Waals surface area contributed by atoms with Gasteiger partial charge in [0.25, 0.3) is 0 Å². The van der Waals surface area contributed by atoms with Gasteiger partial charge >= 0.3 is 0 Å². The maximum atomic E-state index is 5.29. The second-order valence-electron chi connectivity index (χ2n) is 5.78. The van der Waals surface area contributed by atoms with Crippen LogP contribution in [0.3, 0.4) is 0 Å².